The highest BCUT2D eigenvalue weighted by Gasteiger charge is 2.33. The number of imidazole rings is 1. The van der Waals surface area contributed by atoms with Gasteiger partial charge >= 0.3 is 5.69 Å². The number of rotatable bonds is 7. The lowest BCUT2D eigenvalue weighted by molar-refractivity contribution is -0.00489. The molecule has 224 valence electrons. The minimum atomic E-state index is -0.879. The second kappa shape index (κ2) is 11.6. The number of methoxy groups -OCH3 is 1. The van der Waals surface area contributed by atoms with E-state index in [1.807, 2.05) is 6.08 Å². The molecule has 0 saturated carbocycles. The average molecular weight is 598 g/mol. The predicted molar refractivity (Wildman–Crippen MR) is 162 cm³/mol. The Morgan fingerprint density at radius 2 is 1.76 bits per heavy atom. The molecule has 0 spiro atoms. The van der Waals surface area contributed by atoms with Crippen LogP contribution in [-0.2, 0) is 11.8 Å². The fourth-order valence-corrected chi connectivity index (χ4v) is 6.01. The minimum absolute atomic E-state index is 0.107. The normalized spacial score (nSPS) is 18.3. The van der Waals surface area contributed by atoms with Crippen LogP contribution in [0.2, 0.25) is 5.02 Å². The van der Waals surface area contributed by atoms with E-state index in [1.165, 1.54) is 21.3 Å². The van der Waals surface area contributed by atoms with E-state index in [0.717, 1.165) is 13.1 Å². The first-order valence-electron chi connectivity index (χ1n) is 13.8. The van der Waals surface area contributed by atoms with Crippen molar-refractivity contribution in [3.63, 3.8) is 0 Å². The maximum absolute atomic E-state index is 15.1. The molecule has 3 heterocycles. The molecular formula is C31H37ClFN5O4. The van der Waals surface area contributed by atoms with Crippen LogP contribution in [0.5, 0.6) is 5.75 Å². The third-order valence-corrected chi connectivity index (χ3v) is 8.45. The standard InChI is InChI=1S/C31H37ClFN5O4/c1-31(2,19-42-5)37-11-9-36(10-12-37)27-15-21(18-35(4)29(27)40)24-17-22(33)16-23(28(24)39)20-6-7-26(25(32)14-20)38-13-8-34(3)30(38)41/h6-8,13-18,29,39-40H,9-12,19H2,1-5H3. The summed E-state index contributed by atoms with van der Waals surface area (Å²) in [5.74, 6) is -0.647. The van der Waals surface area contributed by atoms with Gasteiger partial charge in [-0.15, -0.1) is 0 Å². The molecule has 2 N–H and O–H groups in total. The number of benzene rings is 2. The summed E-state index contributed by atoms with van der Waals surface area (Å²) >= 11 is 6.56. The van der Waals surface area contributed by atoms with E-state index in [4.69, 9.17) is 16.3 Å². The van der Waals surface area contributed by atoms with Crippen molar-refractivity contribution in [2.75, 3.05) is 46.9 Å². The number of piperazine rings is 1. The molecule has 0 amide bonds. The van der Waals surface area contributed by atoms with Gasteiger partial charge < -0.3 is 29.3 Å². The van der Waals surface area contributed by atoms with Crippen molar-refractivity contribution in [2.45, 2.75) is 25.6 Å². The second-order valence-electron chi connectivity index (χ2n) is 11.5. The van der Waals surface area contributed by atoms with E-state index in [0.29, 0.717) is 47.8 Å². The van der Waals surface area contributed by atoms with Gasteiger partial charge in [-0.05, 0) is 49.8 Å². The number of aryl methyl sites for hydroxylation is 1. The number of aliphatic hydroxyl groups is 1. The van der Waals surface area contributed by atoms with Crippen molar-refractivity contribution in [3.05, 3.63) is 87.6 Å². The van der Waals surface area contributed by atoms with E-state index in [9.17, 15) is 15.0 Å². The summed E-state index contributed by atoms with van der Waals surface area (Å²) in [6.07, 6.45) is 5.88. The summed E-state index contributed by atoms with van der Waals surface area (Å²) in [4.78, 5) is 18.6. The monoisotopic (exact) mass is 597 g/mol. The minimum Gasteiger partial charge on any atom is -0.507 e. The van der Waals surface area contributed by atoms with Crippen LogP contribution in [0.4, 0.5) is 4.39 Å². The van der Waals surface area contributed by atoms with E-state index >= 15 is 4.39 Å². The van der Waals surface area contributed by atoms with Crippen LogP contribution < -0.4 is 5.69 Å². The molecule has 2 aromatic carbocycles. The molecular weight excluding hydrogens is 561 g/mol. The highest BCUT2D eigenvalue weighted by atomic mass is 35.5. The van der Waals surface area contributed by atoms with Gasteiger partial charge in [0.25, 0.3) is 0 Å². The van der Waals surface area contributed by atoms with Crippen LogP contribution in [-0.4, -0.2) is 92.8 Å². The van der Waals surface area contributed by atoms with E-state index < -0.39 is 12.0 Å². The zero-order valence-electron chi connectivity index (χ0n) is 24.5. The van der Waals surface area contributed by atoms with Crippen molar-refractivity contribution in [2.24, 2.45) is 7.05 Å². The number of hydrogen-bond acceptors (Lipinski definition) is 7. The maximum Gasteiger partial charge on any atom is 0.332 e. The molecule has 0 radical (unpaired) electrons. The summed E-state index contributed by atoms with van der Waals surface area (Å²) in [7, 11) is 5.10. The fourth-order valence-electron chi connectivity index (χ4n) is 5.74. The fraction of sp³-hybridized carbons (Fsp3) is 0.387. The average Bonchev–Trinajstić information content (AvgIpc) is 3.28. The summed E-state index contributed by atoms with van der Waals surface area (Å²) < 4.78 is 23.3. The van der Waals surface area contributed by atoms with Gasteiger partial charge in [-0.2, -0.15) is 0 Å². The van der Waals surface area contributed by atoms with Crippen molar-refractivity contribution in [3.8, 4) is 22.6 Å². The highest BCUT2D eigenvalue weighted by Crippen LogP contribution is 2.40. The van der Waals surface area contributed by atoms with Crippen LogP contribution >= 0.6 is 11.6 Å². The number of phenols is 1. The Morgan fingerprint density at radius 1 is 1.07 bits per heavy atom. The number of ether oxygens (including phenoxy) is 1. The zero-order valence-corrected chi connectivity index (χ0v) is 25.3. The lowest BCUT2D eigenvalue weighted by Gasteiger charge is -2.46. The molecule has 9 nitrogen and oxygen atoms in total. The van der Waals surface area contributed by atoms with E-state index in [-0.39, 0.29) is 27.6 Å². The molecule has 11 heteroatoms. The third-order valence-electron chi connectivity index (χ3n) is 8.15. The van der Waals surface area contributed by atoms with E-state index in [1.54, 1.807) is 62.9 Å². The van der Waals surface area contributed by atoms with Crippen LogP contribution in [0.1, 0.15) is 19.4 Å². The number of phenolic OH excluding ortho intramolecular Hbond substituents is 1. The number of nitrogens with zero attached hydrogens (tertiary/aromatic N) is 5. The van der Waals surface area contributed by atoms with Gasteiger partial charge in [-0.1, -0.05) is 17.7 Å². The van der Waals surface area contributed by atoms with Crippen LogP contribution in [0.15, 0.2) is 65.5 Å². The summed E-state index contributed by atoms with van der Waals surface area (Å²) in [5, 5.41) is 22.7. The topological polar surface area (TPSA) is 86.3 Å². The molecule has 1 unspecified atom stereocenters. The molecule has 0 bridgehead atoms. The van der Waals surface area contributed by atoms with Gasteiger partial charge in [0, 0.05) is 88.2 Å². The molecule has 2 aliphatic heterocycles. The SMILES string of the molecule is COCC(C)(C)N1CCN(C2=CC(c3cc(F)cc(-c4ccc(-n5ccn(C)c5=O)c(Cl)c4)c3O)=CN(C)C2O)CC1. The van der Waals surface area contributed by atoms with Gasteiger partial charge in [0.15, 0.2) is 6.23 Å². The maximum atomic E-state index is 15.1. The number of halogens is 2. The molecule has 1 aromatic heterocycles. The number of aliphatic hydroxyl groups excluding tert-OH is 1. The first-order chi connectivity index (χ1) is 19.9. The van der Waals surface area contributed by atoms with Crippen molar-refractivity contribution in [1.82, 2.24) is 23.8 Å². The zero-order chi connectivity index (χ0) is 30.3. The summed E-state index contributed by atoms with van der Waals surface area (Å²) in [5.41, 5.74) is 2.42. The van der Waals surface area contributed by atoms with Crippen molar-refractivity contribution >= 4 is 17.2 Å². The molecule has 3 aromatic rings. The Hall–Kier alpha value is -3.57. The lowest BCUT2D eigenvalue weighted by Crippen LogP contribution is -2.57. The van der Waals surface area contributed by atoms with Crippen LogP contribution in [0, 0.1) is 5.82 Å². The van der Waals surface area contributed by atoms with Crippen molar-refractivity contribution < 1.29 is 19.3 Å². The Labute approximate surface area is 249 Å². The second-order valence-corrected chi connectivity index (χ2v) is 11.9. The van der Waals surface area contributed by atoms with Crippen LogP contribution in [0.25, 0.3) is 22.4 Å². The smallest absolute Gasteiger partial charge is 0.332 e. The molecule has 1 fully saturated rings. The Morgan fingerprint density at radius 3 is 2.38 bits per heavy atom. The first kappa shape index (κ1) is 29.9. The molecule has 42 heavy (non-hydrogen) atoms. The molecule has 1 atom stereocenters. The molecule has 2 aliphatic rings. The Bertz CT molecular complexity index is 1600. The Balaban J connectivity index is 1.46. The van der Waals surface area contributed by atoms with Gasteiger partial charge in [0.2, 0.25) is 0 Å². The van der Waals surface area contributed by atoms with Crippen molar-refractivity contribution in [1.29, 1.82) is 0 Å². The molecule has 1 saturated heterocycles. The van der Waals surface area contributed by atoms with Gasteiger partial charge in [0.05, 0.1) is 23.0 Å². The lowest BCUT2D eigenvalue weighted by atomic mass is 9.95. The summed E-state index contributed by atoms with van der Waals surface area (Å²) in [6, 6.07) is 7.50. The molecule has 0 aliphatic carbocycles. The number of hydrogen-bond donors (Lipinski definition) is 2. The summed E-state index contributed by atoms with van der Waals surface area (Å²) in [6.45, 7) is 7.92. The first-order valence-corrected chi connectivity index (χ1v) is 14.2. The number of likely N-dealkylation sites (N-methyl/N-ethyl adjacent to an activating group) is 1. The van der Waals surface area contributed by atoms with E-state index in [2.05, 4.69) is 23.6 Å². The van der Waals surface area contributed by atoms with Gasteiger partial charge in [-0.3, -0.25) is 9.47 Å². The highest BCUT2D eigenvalue weighted by molar-refractivity contribution is 6.32. The predicted octanol–water partition coefficient (Wildman–Crippen LogP) is 3.87. The van der Waals surface area contributed by atoms with Gasteiger partial charge in [0.1, 0.15) is 11.6 Å². The van der Waals surface area contributed by atoms with Gasteiger partial charge in [-0.25, -0.2) is 9.18 Å². The largest absolute Gasteiger partial charge is 0.507 e. The third kappa shape index (κ3) is 5.59. The molecule has 5 rings (SSSR count). The van der Waals surface area contributed by atoms with Crippen LogP contribution in [0.3, 0.4) is 0 Å². The number of allylic oxidation sites excluding steroid dienone is 2. The number of aromatic hydroxyl groups is 1. The number of aromatic nitrogens is 2. The quantitative estimate of drug-likeness (QED) is 0.428. The Kier molecular flexibility index (Phi) is 8.26.